The van der Waals surface area contributed by atoms with Crippen LogP contribution in [0.4, 0.5) is 0 Å². The second-order valence-corrected chi connectivity index (χ2v) is 6.85. The van der Waals surface area contributed by atoms with Crippen molar-refractivity contribution < 1.29 is 47.0 Å². The average Bonchev–Trinajstić information content (AvgIpc) is 2.56. The third kappa shape index (κ3) is 5.21. The van der Waals surface area contributed by atoms with Gasteiger partial charge in [-0.3, -0.25) is 0 Å². The molecule has 1 atom stereocenters. The summed E-state index contributed by atoms with van der Waals surface area (Å²) in [6.07, 6.45) is 2.54. The van der Waals surface area contributed by atoms with E-state index in [2.05, 4.69) is 0 Å². The second kappa shape index (κ2) is 9.53. The molecule has 0 aliphatic rings. The van der Waals surface area contributed by atoms with Crippen LogP contribution in [0.2, 0.25) is 0 Å². The molecule has 2 aromatic rings. The SMILES string of the molecule is CC(C)=CCC(OC(=O)C=C(C)C)c1cc(O)c2c(O)ccc(O)c2c1O.[Mn]. The zero-order chi connectivity index (χ0) is 20.3. The number of carbonyl (C=O) groups excluding carboxylic acids is 1. The number of hydrogen-bond acceptors (Lipinski definition) is 6. The first-order chi connectivity index (χ1) is 12.6. The van der Waals surface area contributed by atoms with Gasteiger partial charge in [0.15, 0.2) is 0 Å². The summed E-state index contributed by atoms with van der Waals surface area (Å²) < 4.78 is 5.48. The first-order valence-electron chi connectivity index (χ1n) is 8.50. The zero-order valence-electron chi connectivity index (χ0n) is 16.2. The normalized spacial score (nSPS) is 11.3. The maximum absolute atomic E-state index is 12.1. The molecule has 0 bridgehead atoms. The Bertz CT molecular complexity index is 938. The van der Waals surface area contributed by atoms with Crippen molar-refractivity contribution in [1.29, 1.82) is 0 Å². The number of esters is 1. The van der Waals surface area contributed by atoms with E-state index >= 15 is 0 Å². The van der Waals surface area contributed by atoms with Crippen molar-refractivity contribution in [2.24, 2.45) is 0 Å². The molecular weight excluding hydrogens is 403 g/mol. The van der Waals surface area contributed by atoms with E-state index in [-0.39, 0.29) is 62.8 Å². The van der Waals surface area contributed by atoms with Crippen molar-refractivity contribution in [2.45, 2.75) is 40.2 Å². The van der Waals surface area contributed by atoms with Gasteiger partial charge in [-0.05, 0) is 45.9 Å². The Kier molecular flexibility index (Phi) is 7.97. The van der Waals surface area contributed by atoms with Crippen LogP contribution in [-0.2, 0) is 26.6 Å². The van der Waals surface area contributed by atoms with E-state index in [1.807, 2.05) is 19.9 Å². The van der Waals surface area contributed by atoms with Gasteiger partial charge >= 0.3 is 5.97 Å². The van der Waals surface area contributed by atoms with Gasteiger partial charge in [0.05, 0.1) is 10.8 Å². The van der Waals surface area contributed by atoms with Gasteiger partial charge in [0.1, 0.15) is 29.1 Å². The number of aromatic hydroxyl groups is 4. The maximum Gasteiger partial charge on any atom is 0.331 e. The van der Waals surface area contributed by atoms with Crippen LogP contribution in [-0.4, -0.2) is 26.4 Å². The summed E-state index contributed by atoms with van der Waals surface area (Å²) in [7, 11) is 0. The number of fused-ring (bicyclic) bond motifs is 1. The van der Waals surface area contributed by atoms with E-state index < -0.39 is 12.1 Å². The number of hydrogen-bond donors (Lipinski definition) is 4. The Morgan fingerprint density at radius 2 is 1.54 bits per heavy atom. The van der Waals surface area contributed by atoms with Crippen molar-refractivity contribution >= 4 is 16.7 Å². The molecule has 0 saturated heterocycles. The van der Waals surface area contributed by atoms with Crippen LogP contribution in [0.15, 0.2) is 41.5 Å². The number of phenols is 4. The van der Waals surface area contributed by atoms with E-state index in [0.717, 1.165) is 11.1 Å². The molecule has 0 saturated carbocycles. The van der Waals surface area contributed by atoms with E-state index in [9.17, 15) is 25.2 Å². The molecule has 2 rings (SSSR count). The number of benzene rings is 2. The molecule has 0 amide bonds. The third-order valence-corrected chi connectivity index (χ3v) is 3.97. The summed E-state index contributed by atoms with van der Waals surface area (Å²) in [6, 6.07) is 3.66. The summed E-state index contributed by atoms with van der Waals surface area (Å²) in [4.78, 5) is 12.1. The predicted molar refractivity (Wildman–Crippen MR) is 103 cm³/mol. The Balaban J connectivity index is 0.00000392. The van der Waals surface area contributed by atoms with Gasteiger partial charge in [-0.15, -0.1) is 0 Å². The molecule has 0 aliphatic heterocycles. The molecule has 6 nitrogen and oxygen atoms in total. The summed E-state index contributed by atoms with van der Waals surface area (Å²) in [5.74, 6) is -1.89. The zero-order valence-corrected chi connectivity index (χ0v) is 17.3. The van der Waals surface area contributed by atoms with Gasteiger partial charge in [-0.25, -0.2) is 4.79 Å². The fourth-order valence-corrected chi connectivity index (χ4v) is 2.75. The van der Waals surface area contributed by atoms with E-state index in [0.29, 0.717) is 0 Å². The predicted octanol–water partition coefficient (Wildman–Crippen LogP) is 4.57. The smallest absolute Gasteiger partial charge is 0.331 e. The number of rotatable bonds is 5. The van der Waals surface area contributed by atoms with E-state index in [4.69, 9.17) is 4.74 Å². The minimum absolute atomic E-state index is 0. The van der Waals surface area contributed by atoms with Gasteiger partial charge in [-0.2, -0.15) is 0 Å². The van der Waals surface area contributed by atoms with Gasteiger partial charge in [0, 0.05) is 35.1 Å². The molecule has 0 heterocycles. The van der Waals surface area contributed by atoms with Crippen LogP contribution in [0.25, 0.3) is 10.8 Å². The molecule has 1 unspecified atom stereocenters. The summed E-state index contributed by atoms with van der Waals surface area (Å²) >= 11 is 0. The molecule has 28 heavy (non-hydrogen) atoms. The van der Waals surface area contributed by atoms with Gasteiger partial charge in [0.25, 0.3) is 0 Å². The van der Waals surface area contributed by atoms with Crippen LogP contribution >= 0.6 is 0 Å². The molecule has 0 aromatic heterocycles. The molecule has 2 aromatic carbocycles. The fraction of sp³-hybridized carbons (Fsp3) is 0.286. The minimum atomic E-state index is -0.889. The minimum Gasteiger partial charge on any atom is -0.507 e. The van der Waals surface area contributed by atoms with Crippen molar-refractivity contribution in [3.8, 4) is 23.0 Å². The molecule has 1 radical (unpaired) electrons. The molecule has 0 spiro atoms. The van der Waals surface area contributed by atoms with Gasteiger partial charge in [0.2, 0.25) is 0 Å². The number of phenolic OH excluding ortho intramolecular Hbond substituents is 4. The topological polar surface area (TPSA) is 107 Å². The van der Waals surface area contributed by atoms with Crippen molar-refractivity contribution in [2.75, 3.05) is 0 Å². The largest absolute Gasteiger partial charge is 0.507 e. The molecule has 151 valence electrons. The summed E-state index contributed by atoms with van der Waals surface area (Å²) in [5.41, 5.74) is 1.88. The maximum atomic E-state index is 12.1. The summed E-state index contributed by atoms with van der Waals surface area (Å²) in [6.45, 7) is 7.28. The Hall–Kier alpha value is -2.63. The first kappa shape index (κ1) is 23.4. The van der Waals surface area contributed by atoms with Crippen LogP contribution in [0, 0.1) is 0 Å². The van der Waals surface area contributed by atoms with Crippen LogP contribution in [0.5, 0.6) is 23.0 Å². The van der Waals surface area contributed by atoms with Crippen molar-refractivity contribution in [1.82, 2.24) is 0 Å². The third-order valence-electron chi connectivity index (χ3n) is 3.97. The second-order valence-electron chi connectivity index (χ2n) is 6.85. The number of ether oxygens (including phenoxy) is 1. The molecular formula is C21H24MnO6. The first-order valence-corrected chi connectivity index (χ1v) is 8.50. The van der Waals surface area contributed by atoms with Gasteiger partial charge in [-0.1, -0.05) is 17.2 Å². The average molecular weight is 427 g/mol. The molecule has 4 N–H and O–H groups in total. The Morgan fingerprint density at radius 3 is 2.07 bits per heavy atom. The molecule has 0 aliphatic carbocycles. The van der Waals surface area contributed by atoms with E-state index in [1.54, 1.807) is 13.8 Å². The van der Waals surface area contributed by atoms with Crippen molar-refractivity contribution in [3.05, 3.63) is 47.1 Å². The number of allylic oxidation sites excluding steroid dienone is 2. The summed E-state index contributed by atoms with van der Waals surface area (Å²) in [5, 5.41) is 40.9. The fourth-order valence-electron chi connectivity index (χ4n) is 2.75. The quantitative estimate of drug-likeness (QED) is 0.183. The van der Waals surface area contributed by atoms with Gasteiger partial charge < -0.3 is 25.2 Å². The standard InChI is InChI=1S/C21H24O6.Mn/c1-11(2)5-8-17(27-18(25)9-12(3)4)13-10-16(24)19-14(22)6-7-15(23)20(19)21(13)26;/h5-7,9-10,17,22-24,26H,8H2,1-4H3;. The molecule has 7 heteroatoms. The van der Waals surface area contributed by atoms with E-state index in [1.165, 1.54) is 24.3 Å². The monoisotopic (exact) mass is 427 g/mol. The number of carbonyl (C=O) groups is 1. The Labute approximate surface area is 174 Å². The van der Waals surface area contributed by atoms with Crippen molar-refractivity contribution in [3.63, 3.8) is 0 Å². The molecule has 0 fully saturated rings. The van der Waals surface area contributed by atoms with Crippen LogP contribution < -0.4 is 0 Å². The Morgan fingerprint density at radius 1 is 0.964 bits per heavy atom. The van der Waals surface area contributed by atoms with Crippen LogP contribution in [0.3, 0.4) is 0 Å². The van der Waals surface area contributed by atoms with Crippen LogP contribution in [0.1, 0.15) is 45.8 Å².